The van der Waals surface area contributed by atoms with E-state index in [4.69, 9.17) is 15.3 Å². The SMILES string of the molecule is COc1ccccc1NC(=O)CONC(N)c1cccc(C(F)(F)F)c1. The number of hydroxylamine groups is 1. The Morgan fingerprint density at radius 1 is 1.19 bits per heavy atom. The molecule has 4 N–H and O–H groups in total. The van der Waals surface area contributed by atoms with Crippen LogP contribution in [-0.2, 0) is 15.8 Å². The lowest BCUT2D eigenvalue weighted by Gasteiger charge is -2.16. The summed E-state index contributed by atoms with van der Waals surface area (Å²) >= 11 is 0. The fourth-order valence-electron chi connectivity index (χ4n) is 2.11. The number of nitrogens with one attached hydrogen (secondary N) is 2. The zero-order valence-electron chi connectivity index (χ0n) is 13.8. The van der Waals surface area contributed by atoms with E-state index >= 15 is 0 Å². The monoisotopic (exact) mass is 369 g/mol. The third-order valence-corrected chi connectivity index (χ3v) is 3.37. The Kier molecular flexibility index (Phi) is 6.56. The summed E-state index contributed by atoms with van der Waals surface area (Å²) in [6, 6.07) is 11.3. The largest absolute Gasteiger partial charge is 0.495 e. The molecule has 0 aliphatic carbocycles. The summed E-state index contributed by atoms with van der Waals surface area (Å²) in [4.78, 5) is 16.8. The van der Waals surface area contributed by atoms with E-state index in [2.05, 4.69) is 10.8 Å². The van der Waals surface area contributed by atoms with Gasteiger partial charge in [0, 0.05) is 0 Å². The summed E-state index contributed by atoms with van der Waals surface area (Å²) < 4.78 is 43.2. The van der Waals surface area contributed by atoms with E-state index in [1.54, 1.807) is 24.3 Å². The van der Waals surface area contributed by atoms with E-state index in [0.29, 0.717) is 11.4 Å². The molecule has 2 aromatic carbocycles. The molecule has 2 rings (SSSR count). The van der Waals surface area contributed by atoms with E-state index in [0.717, 1.165) is 12.1 Å². The Hall–Kier alpha value is -2.62. The topological polar surface area (TPSA) is 85.6 Å². The smallest absolute Gasteiger partial charge is 0.416 e. The van der Waals surface area contributed by atoms with Gasteiger partial charge in [0.1, 0.15) is 18.5 Å². The minimum Gasteiger partial charge on any atom is -0.495 e. The number of para-hydroxylation sites is 2. The molecule has 140 valence electrons. The van der Waals surface area contributed by atoms with Gasteiger partial charge in [0.25, 0.3) is 5.91 Å². The number of alkyl halides is 3. The second-order valence-corrected chi connectivity index (χ2v) is 5.26. The van der Waals surface area contributed by atoms with Crippen LogP contribution in [-0.4, -0.2) is 19.6 Å². The maximum Gasteiger partial charge on any atom is 0.416 e. The third kappa shape index (κ3) is 5.45. The second kappa shape index (κ2) is 8.65. The van der Waals surface area contributed by atoms with Gasteiger partial charge in [0.15, 0.2) is 0 Å². The molecule has 0 aliphatic rings. The highest BCUT2D eigenvalue weighted by atomic mass is 19.4. The van der Waals surface area contributed by atoms with Crippen LogP contribution in [0.5, 0.6) is 5.75 Å². The molecular weight excluding hydrogens is 351 g/mol. The van der Waals surface area contributed by atoms with Gasteiger partial charge in [-0.15, -0.1) is 0 Å². The number of hydrogen-bond acceptors (Lipinski definition) is 5. The molecule has 0 saturated heterocycles. The van der Waals surface area contributed by atoms with E-state index in [-0.39, 0.29) is 5.56 Å². The van der Waals surface area contributed by atoms with Crippen LogP contribution in [0.4, 0.5) is 18.9 Å². The van der Waals surface area contributed by atoms with Crippen LogP contribution in [0.3, 0.4) is 0 Å². The molecule has 9 heteroatoms. The van der Waals surface area contributed by atoms with Crippen molar-refractivity contribution in [3.63, 3.8) is 0 Å². The fourth-order valence-corrected chi connectivity index (χ4v) is 2.11. The summed E-state index contributed by atoms with van der Waals surface area (Å²) in [6.07, 6.45) is -5.50. The van der Waals surface area contributed by atoms with Crippen molar-refractivity contribution in [2.24, 2.45) is 5.73 Å². The lowest BCUT2D eigenvalue weighted by Crippen LogP contribution is -2.32. The number of anilines is 1. The van der Waals surface area contributed by atoms with Crippen LogP contribution in [0.15, 0.2) is 48.5 Å². The predicted octanol–water partition coefficient (Wildman–Crippen LogP) is 2.83. The lowest BCUT2D eigenvalue weighted by molar-refractivity contribution is -0.137. The van der Waals surface area contributed by atoms with E-state index < -0.39 is 30.4 Å². The number of ether oxygens (including phenoxy) is 1. The van der Waals surface area contributed by atoms with Crippen molar-refractivity contribution in [3.8, 4) is 5.75 Å². The van der Waals surface area contributed by atoms with Crippen molar-refractivity contribution in [3.05, 3.63) is 59.7 Å². The van der Waals surface area contributed by atoms with Crippen LogP contribution < -0.4 is 21.3 Å². The van der Waals surface area contributed by atoms with E-state index in [1.165, 1.54) is 19.2 Å². The quantitative estimate of drug-likeness (QED) is 0.516. The summed E-state index contributed by atoms with van der Waals surface area (Å²) in [5, 5.41) is 2.59. The van der Waals surface area contributed by atoms with Crippen LogP contribution in [0.2, 0.25) is 0 Å². The number of nitrogens with two attached hydrogens (primary N) is 1. The van der Waals surface area contributed by atoms with Crippen LogP contribution in [0, 0.1) is 0 Å². The number of methoxy groups -OCH3 is 1. The van der Waals surface area contributed by atoms with Crippen molar-refractivity contribution in [2.75, 3.05) is 19.0 Å². The predicted molar refractivity (Wildman–Crippen MR) is 89.1 cm³/mol. The lowest BCUT2D eigenvalue weighted by atomic mass is 10.1. The number of benzene rings is 2. The van der Waals surface area contributed by atoms with Gasteiger partial charge in [-0.1, -0.05) is 24.3 Å². The molecule has 0 aromatic heterocycles. The Morgan fingerprint density at radius 2 is 1.92 bits per heavy atom. The number of halogens is 3. The Balaban J connectivity index is 1.86. The highest BCUT2D eigenvalue weighted by Crippen LogP contribution is 2.30. The van der Waals surface area contributed by atoms with Gasteiger partial charge in [-0.05, 0) is 29.8 Å². The van der Waals surface area contributed by atoms with Gasteiger partial charge in [-0.3, -0.25) is 9.63 Å². The van der Waals surface area contributed by atoms with Gasteiger partial charge in [0.05, 0.1) is 18.4 Å². The van der Waals surface area contributed by atoms with Crippen molar-refractivity contribution in [1.82, 2.24) is 5.48 Å². The number of hydrogen-bond donors (Lipinski definition) is 3. The number of carbonyl (C=O) groups is 1. The van der Waals surface area contributed by atoms with E-state index in [1.807, 2.05) is 0 Å². The minimum absolute atomic E-state index is 0.171. The van der Waals surface area contributed by atoms with E-state index in [9.17, 15) is 18.0 Å². The highest BCUT2D eigenvalue weighted by molar-refractivity contribution is 5.93. The molecule has 0 aliphatic heterocycles. The average molecular weight is 369 g/mol. The maximum atomic E-state index is 12.7. The van der Waals surface area contributed by atoms with Crippen molar-refractivity contribution in [1.29, 1.82) is 0 Å². The first-order valence-corrected chi connectivity index (χ1v) is 7.54. The van der Waals surface area contributed by atoms with Crippen LogP contribution in [0.25, 0.3) is 0 Å². The standard InChI is InChI=1S/C17H18F3N3O3/c1-25-14-8-3-2-7-13(14)22-15(24)10-26-23-16(21)11-5-4-6-12(9-11)17(18,19)20/h2-9,16,23H,10,21H2,1H3,(H,22,24). The minimum atomic E-state index is -4.47. The molecule has 0 radical (unpaired) electrons. The van der Waals surface area contributed by atoms with Gasteiger partial charge in [-0.25, -0.2) is 0 Å². The molecule has 1 unspecified atom stereocenters. The fraction of sp³-hybridized carbons (Fsp3) is 0.235. The molecule has 0 fully saturated rings. The molecule has 6 nitrogen and oxygen atoms in total. The highest BCUT2D eigenvalue weighted by Gasteiger charge is 2.30. The van der Waals surface area contributed by atoms with Gasteiger partial charge < -0.3 is 15.8 Å². The Morgan fingerprint density at radius 3 is 2.62 bits per heavy atom. The normalized spacial score (nSPS) is 12.5. The number of carbonyl (C=O) groups excluding carboxylic acids is 1. The molecule has 1 atom stereocenters. The number of amides is 1. The molecule has 0 bridgehead atoms. The first-order valence-electron chi connectivity index (χ1n) is 7.54. The Labute approximate surface area is 148 Å². The van der Waals surface area contributed by atoms with Crippen LogP contribution >= 0.6 is 0 Å². The average Bonchev–Trinajstić information content (AvgIpc) is 2.61. The zero-order valence-corrected chi connectivity index (χ0v) is 13.8. The van der Waals surface area contributed by atoms with Crippen LogP contribution in [0.1, 0.15) is 17.3 Å². The second-order valence-electron chi connectivity index (χ2n) is 5.26. The number of rotatable bonds is 7. The zero-order chi connectivity index (χ0) is 19.2. The first-order chi connectivity index (χ1) is 12.3. The van der Waals surface area contributed by atoms with Gasteiger partial charge in [0.2, 0.25) is 0 Å². The summed E-state index contributed by atoms with van der Waals surface area (Å²) in [5.41, 5.74) is 7.89. The molecule has 26 heavy (non-hydrogen) atoms. The van der Waals surface area contributed by atoms with Gasteiger partial charge >= 0.3 is 6.18 Å². The molecule has 0 heterocycles. The summed E-state index contributed by atoms with van der Waals surface area (Å²) in [7, 11) is 1.47. The molecular formula is C17H18F3N3O3. The maximum absolute atomic E-state index is 12.7. The molecule has 2 aromatic rings. The van der Waals surface area contributed by atoms with Crippen molar-refractivity contribution in [2.45, 2.75) is 12.3 Å². The first kappa shape index (κ1) is 19.7. The molecule has 0 saturated carbocycles. The van der Waals surface area contributed by atoms with Crippen molar-refractivity contribution >= 4 is 11.6 Å². The molecule has 0 spiro atoms. The Bertz CT molecular complexity index is 753. The third-order valence-electron chi connectivity index (χ3n) is 3.37. The summed E-state index contributed by atoms with van der Waals surface area (Å²) in [5.74, 6) is -0.00674. The van der Waals surface area contributed by atoms with Gasteiger partial charge in [-0.2, -0.15) is 18.7 Å². The van der Waals surface area contributed by atoms with Crippen molar-refractivity contribution < 1.29 is 27.5 Å². The molecule has 1 amide bonds. The summed E-state index contributed by atoms with van der Waals surface area (Å²) in [6.45, 7) is -0.398.